The van der Waals surface area contributed by atoms with Crippen molar-refractivity contribution in [3.05, 3.63) is 29.0 Å². The van der Waals surface area contributed by atoms with Crippen molar-refractivity contribution in [2.75, 3.05) is 11.3 Å². The van der Waals surface area contributed by atoms with Crippen molar-refractivity contribution < 1.29 is 17.5 Å². The highest BCUT2D eigenvalue weighted by molar-refractivity contribution is 7.92. The molecule has 1 aromatic heterocycles. The molecule has 7 nitrogen and oxygen atoms in total. The summed E-state index contributed by atoms with van der Waals surface area (Å²) in [4.78, 5) is 3.14. The number of nitrogens with one attached hydrogen (secondary N) is 2. The third-order valence-electron chi connectivity index (χ3n) is 2.18. The maximum atomic E-state index is 13.7. The third kappa shape index (κ3) is 2.99. The van der Waals surface area contributed by atoms with E-state index in [1.54, 1.807) is 6.92 Å². The molecule has 0 radical (unpaired) electrons. The molecule has 2 rings (SSSR count). The number of aromatic nitrogens is 3. The highest BCUT2D eigenvalue weighted by Crippen LogP contribution is 2.23. The summed E-state index contributed by atoms with van der Waals surface area (Å²) in [7, 11) is -4.17. The van der Waals surface area contributed by atoms with Crippen molar-refractivity contribution in [3.8, 4) is 6.01 Å². The van der Waals surface area contributed by atoms with Gasteiger partial charge in [-0.2, -0.15) is 4.98 Å². The van der Waals surface area contributed by atoms with Crippen LogP contribution in [0.3, 0.4) is 0 Å². The Balaban J connectivity index is 2.28. The number of hydrogen-bond acceptors (Lipinski definition) is 5. The molecule has 10 heteroatoms. The quantitative estimate of drug-likeness (QED) is 0.875. The Hall–Kier alpha value is -1.87. The van der Waals surface area contributed by atoms with Gasteiger partial charge in [0.1, 0.15) is 4.90 Å². The molecular weight excluding hydrogens is 311 g/mol. The van der Waals surface area contributed by atoms with E-state index in [1.807, 2.05) is 4.72 Å². The number of hydrogen-bond donors (Lipinski definition) is 2. The second-order valence-electron chi connectivity index (χ2n) is 3.56. The monoisotopic (exact) mass is 320 g/mol. The number of sulfonamides is 1. The molecule has 0 atom stereocenters. The molecule has 0 saturated heterocycles. The number of H-pyrrole nitrogens is 1. The first kappa shape index (κ1) is 14.5. The lowest BCUT2D eigenvalue weighted by molar-refractivity contribution is 0.314. The van der Waals surface area contributed by atoms with Gasteiger partial charge in [-0.1, -0.05) is 17.7 Å². The molecule has 0 aliphatic heterocycles. The van der Waals surface area contributed by atoms with Gasteiger partial charge in [0.25, 0.3) is 10.0 Å². The normalized spacial score (nSPS) is 11.3. The second-order valence-corrected chi connectivity index (χ2v) is 5.62. The Bertz CT molecular complexity index is 719. The molecule has 0 fully saturated rings. The van der Waals surface area contributed by atoms with Crippen LogP contribution < -0.4 is 9.46 Å². The number of benzene rings is 1. The molecule has 0 aliphatic rings. The van der Waals surface area contributed by atoms with Crippen molar-refractivity contribution in [2.45, 2.75) is 11.8 Å². The minimum Gasteiger partial charge on any atom is -0.463 e. The molecule has 0 unspecified atom stereocenters. The van der Waals surface area contributed by atoms with Crippen LogP contribution in [0.25, 0.3) is 0 Å². The van der Waals surface area contributed by atoms with Crippen molar-refractivity contribution in [1.29, 1.82) is 0 Å². The summed E-state index contributed by atoms with van der Waals surface area (Å²) in [6.45, 7) is 2.05. The van der Waals surface area contributed by atoms with Crippen molar-refractivity contribution in [2.24, 2.45) is 0 Å². The standard InChI is InChI=1S/C10H10ClFN4O3S/c1-2-19-10-13-9(14-15-10)16-20(17,18)7-5-3-4-6(11)8(7)12/h3-5H,2H2,1H3,(H2,13,14,15,16). The average Bonchev–Trinajstić information content (AvgIpc) is 2.79. The molecule has 108 valence electrons. The van der Waals surface area contributed by atoms with E-state index >= 15 is 0 Å². The summed E-state index contributed by atoms with van der Waals surface area (Å²) in [5, 5.41) is 5.65. The van der Waals surface area contributed by atoms with Crippen LogP contribution in [0.5, 0.6) is 6.01 Å². The van der Waals surface area contributed by atoms with E-state index in [4.69, 9.17) is 16.3 Å². The summed E-state index contributed by atoms with van der Waals surface area (Å²) < 4.78 is 44.7. The van der Waals surface area contributed by atoms with E-state index in [0.717, 1.165) is 6.07 Å². The van der Waals surface area contributed by atoms with Gasteiger partial charge in [-0.05, 0) is 19.1 Å². The van der Waals surface area contributed by atoms with Gasteiger partial charge in [-0.3, -0.25) is 0 Å². The molecular formula is C10H10ClFN4O3S. The van der Waals surface area contributed by atoms with Gasteiger partial charge in [0.2, 0.25) is 5.95 Å². The smallest absolute Gasteiger partial charge is 0.337 e. The lowest BCUT2D eigenvalue weighted by Crippen LogP contribution is -2.15. The SMILES string of the molecule is CCOc1n[nH]c(NS(=O)(=O)c2cccc(Cl)c2F)n1. The van der Waals surface area contributed by atoms with Gasteiger partial charge >= 0.3 is 6.01 Å². The minimum atomic E-state index is -4.17. The Morgan fingerprint density at radius 3 is 2.95 bits per heavy atom. The van der Waals surface area contributed by atoms with Crippen molar-refractivity contribution in [1.82, 2.24) is 15.2 Å². The molecule has 0 amide bonds. The summed E-state index contributed by atoms with van der Waals surface area (Å²) in [6, 6.07) is 3.64. The van der Waals surface area contributed by atoms with Crippen LogP contribution in [-0.2, 0) is 10.0 Å². The van der Waals surface area contributed by atoms with Gasteiger partial charge < -0.3 is 4.74 Å². The average molecular weight is 321 g/mol. The molecule has 2 aromatic rings. The largest absolute Gasteiger partial charge is 0.463 e. The summed E-state index contributed by atoms with van der Waals surface area (Å²) >= 11 is 5.55. The Morgan fingerprint density at radius 2 is 2.25 bits per heavy atom. The molecule has 20 heavy (non-hydrogen) atoms. The Labute approximate surface area is 119 Å². The molecule has 0 aliphatic carbocycles. The fourth-order valence-corrected chi connectivity index (χ4v) is 2.65. The van der Waals surface area contributed by atoms with Crippen LogP contribution in [0, 0.1) is 5.82 Å². The third-order valence-corrected chi connectivity index (χ3v) is 3.82. The van der Waals surface area contributed by atoms with Gasteiger partial charge in [0.15, 0.2) is 5.82 Å². The van der Waals surface area contributed by atoms with E-state index in [-0.39, 0.29) is 17.0 Å². The first-order chi connectivity index (χ1) is 9.44. The Kier molecular flexibility index (Phi) is 4.09. The van der Waals surface area contributed by atoms with Gasteiger partial charge in [-0.15, -0.1) is 5.10 Å². The minimum absolute atomic E-state index is 0.0169. The lowest BCUT2D eigenvalue weighted by Gasteiger charge is -2.06. The highest BCUT2D eigenvalue weighted by Gasteiger charge is 2.22. The van der Waals surface area contributed by atoms with Gasteiger partial charge in [0, 0.05) is 0 Å². The molecule has 0 bridgehead atoms. The van der Waals surface area contributed by atoms with Crippen LogP contribution in [0.1, 0.15) is 6.92 Å². The van der Waals surface area contributed by atoms with E-state index in [9.17, 15) is 12.8 Å². The van der Waals surface area contributed by atoms with E-state index in [0.29, 0.717) is 6.61 Å². The zero-order chi connectivity index (χ0) is 14.8. The maximum Gasteiger partial charge on any atom is 0.337 e. The summed E-state index contributed by atoms with van der Waals surface area (Å²) in [5.41, 5.74) is 0. The predicted molar refractivity (Wildman–Crippen MR) is 69.8 cm³/mol. The lowest BCUT2D eigenvalue weighted by atomic mass is 10.3. The number of rotatable bonds is 5. The molecule has 0 spiro atoms. The van der Waals surface area contributed by atoms with E-state index in [2.05, 4.69) is 15.2 Å². The molecule has 2 N–H and O–H groups in total. The molecule has 0 saturated carbocycles. The van der Waals surface area contributed by atoms with Crippen molar-refractivity contribution >= 4 is 27.6 Å². The summed E-state index contributed by atoms with van der Waals surface area (Å²) in [6.07, 6.45) is 0. The van der Waals surface area contributed by atoms with Gasteiger partial charge in [-0.25, -0.2) is 22.6 Å². The fraction of sp³-hybridized carbons (Fsp3) is 0.200. The number of aromatic amines is 1. The first-order valence-corrected chi connectivity index (χ1v) is 7.32. The molecule has 1 aromatic carbocycles. The number of halogens is 2. The van der Waals surface area contributed by atoms with Crippen LogP contribution >= 0.6 is 11.6 Å². The number of anilines is 1. The van der Waals surface area contributed by atoms with Gasteiger partial charge in [0.05, 0.1) is 11.6 Å². The van der Waals surface area contributed by atoms with Crippen LogP contribution in [0.4, 0.5) is 10.3 Å². The van der Waals surface area contributed by atoms with Crippen LogP contribution in [-0.4, -0.2) is 30.2 Å². The maximum absolute atomic E-state index is 13.7. The van der Waals surface area contributed by atoms with E-state index < -0.39 is 20.7 Å². The highest BCUT2D eigenvalue weighted by atomic mass is 35.5. The summed E-state index contributed by atoms with van der Waals surface area (Å²) in [5.74, 6) is -1.22. The topological polar surface area (TPSA) is 97.0 Å². The van der Waals surface area contributed by atoms with Crippen LogP contribution in [0.15, 0.2) is 23.1 Å². The number of nitrogens with zero attached hydrogens (tertiary/aromatic N) is 2. The fourth-order valence-electron chi connectivity index (χ4n) is 1.36. The van der Waals surface area contributed by atoms with Crippen molar-refractivity contribution in [3.63, 3.8) is 0 Å². The number of ether oxygens (including phenoxy) is 1. The zero-order valence-electron chi connectivity index (χ0n) is 10.2. The molecule has 1 heterocycles. The predicted octanol–water partition coefficient (Wildman–Crippen LogP) is 1.80. The van der Waals surface area contributed by atoms with Crippen LogP contribution in [0.2, 0.25) is 5.02 Å². The zero-order valence-corrected chi connectivity index (χ0v) is 11.8. The second kappa shape index (κ2) is 5.63. The van der Waals surface area contributed by atoms with E-state index in [1.165, 1.54) is 12.1 Å². The first-order valence-electron chi connectivity index (χ1n) is 5.46. The Morgan fingerprint density at radius 1 is 1.50 bits per heavy atom.